The van der Waals surface area contributed by atoms with E-state index in [1.807, 2.05) is 26.0 Å². The summed E-state index contributed by atoms with van der Waals surface area (Å²) in [6.07, 6.45) is 0. The van der Waals surface area contributed by atoms with Crippen LogP contribution >= 0.6 is 0 Å². The molecule has 6 nitrogen and oxygen atoms in total. The predicted octanol–water partition coefficient (Wildman–Crippen LogP) is 2.57. The van der Waals surface area contributed by atoms with Crippen molar-refractivity contribution >= 4 is 11.7 Å². The number of anilines is 2. The van der Waals surface area contributed by atoms with Gasteiger partial charge in [0.05, 0.1) is 0 Å². The second-order valence-corrected chi connectivity index (χ2v) is 6.34. The fraction of sp³-hybridized carbons (Fsp3) is 0.529. The molecule has 1 aliphatic rings. The second kappa shape index (κ2) is 7.61. The average Bonchev–Trinajstić information content (AvgIpc) is 3.06. The molecule has 0 saturated carbocycles. The zero-order valence-electron chi connectivity index (χ0n) is 14.2. The first-order valence-corrected chi connectivity index (χ1v) is 8.42. The highest BCUT2D eigenvalue weighted by Crippen LogP contribution is 2.17. The van der Waals surface area contributed by atoms with Gasteiger partial charge in [-0.25, -0.2) is 4.39 Å². The zero-order chi connectivity index (χ0) is 16.9. The van der Waals surface area contributed by atoms with Crippen LogP contribution in [0.1, 0.15) is 25.6 Å². The number of nitrogens with one attached hydrogen (secondary N) is 1. The molecule has 0 bridgehead atoms. The lowest BCUT2D eigenvalue weighted by Gasteiger charge is -2.36. The van der Waals surface area contributed by atoms with Crippen molar-refractivity contribution in [3.05, 3.63) is 35.9 Å². The van der Waals surface area contributed by atoms with Gasteiger partial charge in [0, 0.05) is 50.9 Å². The number of hydrogen-bond donors (Lipinski definition) is 1. The number of rotatable bonds is 6. The van der Waals surface area contributed by atoms with Gasteiger partial charge in [-0.3, -0.25) is 4.90 Å². The van der Waals surface area contributed by atoms with Crippen molar-refractivity contribution in [3.8, 4) is 0 Å². The molecule has 24 heavy (non-hydrogen) atoms. The lowest BCUT2D eigenvalue weighted by atomic mass is 10.2. The minimum Gasteiger partial charge on any atom is -0.369 e. The van der Waals surface area contributed by atoms with Crippen molar-refractivity contribution in [1.82, 2.24) is 15.0 Å². The van der Waals surface area contributed by atoms with Crippen molar-refractivity contribution < 1.29 is 8.91 Å². The van der Waals surface area contributed by atoms with E-state index in [1.54, 1.807) is 0 Å². The second-order valence-electron chi connectivity index (χ2n) is 6.34. The molecule has 0 atom stereocenters. The van der Waals surface area contributed by atoms with Gasteiger partial charge in [0.25, 0.3) is 0 Å². The summed E-state index contributed by atoms with van der Waals surface area (Å²) in [6, 6.07) is 7.20. The molecule has 1 N–H and O–H groups in total. The molecule has 1 aliphatic heterocycles. The minimum atomic E-state index is -0.190. The number of hydrogen-bond acceptors (Lipinski definition) is 6. The van der Waals surface area contributed by atoms with E-state index in [4.69, 9.17) is 4.52 Å². The molecule has 3 rings (SSSR count). The Labute approximate surface area is 141 Å². The van der Waals surface area contributed by atoms with Crippen LogP contribution in [0.5, 0.6) is 0 Å². The molecule has 0 unspecified atom stereocenters. The molecule has 0 amide bonds. The molecule has 1 aromatic carbocycles. The normalized spacial score (nSPS) is 15.9. The fourth-order valence-electron chi connectivity index (χ4n) is 2.74. The van der Waals surface area contributed by atoms with Crippen LogP contribution in [0, 0.1) is 5.82 Å². The van der Waals surface area contributed by atoms with E-state index in [0.717, 1.165) is 50.8 Å². The van der Waals surface area contributed by atoms with Crippen LogP contribution in [0.3, 0.4) is 0 Å². The lowest BCUT2D eigenvalue weighted by molar-refractivity contribution is 0.266. The predicted molar refractivity (Wildman–Crippen MR) is 91.9 cm³/mol. The Bertz CT molecular complexity index is 635. The Morgan fingerprint density at radius 2 is 1.88 bits per heavy atom. The topological polar surface area (TPSA) is 57.4 Å². The van der Waals surface area contributed by atoms with E-state index in [1.165, 1.54) is 12.1 Å². The monoisotopic (exact) mass is 333 g/mol. The van der Waals surface area contributed by atoms with E-state index >= 15 is 0 Å². The third-order valence-electron chi connectivity index (χ3n) is 4.23. The molecule has 7 heteroatoms. The van der Waals surface area contributed by atoms with E-state index in [0.29, 0.717) is 6.01 Å². The van der Waals surface area contributed by atoms with E-state index in [-0.39, 0.29) is 11.7 Å². The van der Waals surface area contributed by atoms with Crippen molar-refractivity contribution in [2.24, 2.45) is 0 Å². The zero-order valence-corrected chi connectivity index (χ0v) is 14.2. The van der Waals surface area contributed by atoms with Crippen molar-refractivity contribution in [1.29, 1.82) is 0 Å². The van der Waals surface area contributed by atoms with E-state index < -0.39 is 0 Å². The minimum absolute atomic E-state index is 0.190. The first kappa shape index (κ1) is 16.7. The molecule has 0 spiro atoms. The van der Waals surface area contributed by atoms with Gasteiger partial charge in [0.2, 0.25) is 0 Å². The highest BCUT2D eigenvalue weighted by Gasteiger charge is 2.17. The van der Waals surface area contributed by atoms with Gasteiger partial charge in [0.1, 0.15) is 5.82 Å². The summed E-state index contributed by atoms with van der Waals surface area (Å²) >= 11 is 0. The standard InChI is InChI=1S/C17H24FN5O/c1-13(2)16-20-17(24-21-16)19-7-8-22-9-11-23(12-10-22)15-5-3-14(18)4-6-15/h3-6,13H,7-12H2,1-2H3,(H,19,20,21). The maximum absolute atomic E-state index is 13.0. The summed E-state index contributed by atoms with van der Waals surface area (Å²) in [5.74, 6) is 0.805. The molecule has 1 aromatic heterocycles. The van der Waals surface area contributed by atoms with Crippen molar-refractivity contribution in [2.45, 2.75) is 19.8 Å². The number of nitrogens with zero attached hydrogens (tertiary/aromatic N) is 4. The number of halogens is 1. The number of benzene rings is 1. The highest BCUT2D eigenvalue weighted by molar-refractivity contribution is 5.46. The Balaban J connectivity index is 1.40. The Morgan fingerprint density at radius 1 is 1.17 bits per heavy atom. The van der Waals surface area contributed by atoms with Gasteiger partial charge in [-0.1, -0.05) is 19.0 Å². The molecule has 1 fully saturated rings. The number of piperazine rings is 1. The van der Waals surface area contributed by atoms with Crippen LogP contribution in [-0.4, -0.2) is 54.3 Å². The molecule has 0 aliphatic carbocycles. The summed E-state index contributed by atoms with van der Waals surface area (Å²) in [4.78, 5) is 8.99. The molecule has 2 aromatic rings. The summed E-state index contributed by atoms with van der Waals surface area (Å²) in [5.41, 5.74) is 1.08. The molecule has 0 radical (unpaired) electrons. The van der Waals surface area contributed by atoms with Crippen LogP contribution in [0.2, 0.25) is 0 Å². The highest BCUT2D eigenvalue weighted by atomic mass is 19.1. The Kier molecular flexibility index (Phi) is 5.30. The molecule has 1 saturated heterocycles. The van der Waals surface area contributed by atoms with Gasteiger partial charge < -0.3 is 14.7 Å². The van der Waals surface area contributed by atoms with E-state index in [9.17, 15) is 4.39 Å². The van der Waals surface area contributed by atoms with Gasteiger partial charge >= 0.3 is 6.01 Å². The van der Waals surface area contributed by atoms with Crippen LogP contribution in [0.25, 0.3) is 0 Å². The summed E-state index contributed by atoms with van der Waals surface area (Å²) in [6.45, 7) is 9.64. The Morgan fingerprint density at radius 3 is 2.50 bits per heavy atom. The van der Waals surface area contributed by atoms with Crippen molar-refractivity contribution in [3.63, 3.8) is 0 Å². The summed E-state index contributed by atoms with van der Waals surface area (Å²) in [5, 5.41) is 7.11. The van der Waals surface area contributed by atoms with Crippen LogP contribution in [-0.2, 0) is 0 Å². The van der Waals surface area contributed by atoms with Crippen molar-refractivity contribution in [2.75, 3.05) is 49.5 Å². The van der Waals surface area contributed by atoms with Gasteiger partial charge in [0.15, 0.2) is 5.82 Å². The average molecular weight is 333 g/mol. The maximum atomic E-state index is 13.0. The van der Waals surface area contributed by atoms with Crippen LogP contribution in [0.15, 0.2) is 28.8 Å². The van der Waals surface area contributed by atoms with Crippen LogP contribution in [0.4, 0.5) is 16.1 Å². The lowest BCUT2D eigenvalue weighted by Crippen LogP contribution is -2.47. The smallest absolute Gasteiger partial charge is 0.321 e. The van der Waals surface area contributed by atoms with Gasteiger partial charge in [-0.05, 0) is 24.3 Å². The van der Waals surface area contributed by atoms with Gasteiger partial charge in [-0.2, -0.15) is 4.98 Å². The van der Waals surface area contributed by atoms with Crippen LogP contribution < -0.4 is 10.2 Å². The molecular formula is C17H24FN5O. The third kappa shape index (κ3) is 4.23. The molecule has 130 valence electrons. The maximum Gasteiger partial charge on any atom is 0.321 e. The molecule has 2 heterocycles. The number of aromatic nitrogens is 2. The Hall–Kier alpha value is -2.15. The first-order chi connectivity index (χ1) is 11.6. The molecular weight excluding hydrogens is 309 g/mol. The van der Waals surface area contributed by atoms with Gasteiger partial charge in [-0.15, -0.1) is 0 Å². The van der Waals surface area contributed by atoms with E-state index in [2.05, 4.69) is 25.3 Å². The third-order valence-corrected chi connectivity index (χ3v) is 4.23. The largest absolute Gasteiger partial charge is 0.369 e. The quantitative estimate of drug-likeness (QED) is 0.877. The SMILES string of the molecule is CC(C)c1noc(NCCN2CCN(c3ccc(F)cc3)CC2)n1. The first-order valence-electron chi connectivity index (χ1n) is 8.42. The summed E-state index contributed by atoms with van der Waals surface area (Å²) in [7, 11) is 0. The fourth-order valence-corrected chi connectivity index (χ4v) is 2.74. The summed E-state index contributed by atoms with van der Waals surface area (Å²) < 4.78 is 18.2.